The molecule has 1 aliphatic carbocycles. The Kier molecular flexibility index (Phi) is 4.97. The Morgan fingerprint density at radius 2 is 1.89 bits per heavy atom. The third-order valence-corrected chi connectivity index (χ3v) is 7.07. The Bertz CT molecular complexity index is 1520. The van der Waals surface area contributed by atoms with Crippen molar-refractivity contribution in [1.82, 2.24) is 14.8 Å². The van der Waals surface area contributed by atoms with Crippen LogP contribution < -0.4 is 14.8 Å². The lowest BCUT2D eigenvalue weighted by Crippen LogP contribution is -2.58. The summed E-state index contributed by atoms with van der Waals surface area (Å²) in [6.45, 7) is 3.30. The number of alkyl halides is 3. The van der Waals surface area contributed by atoms with Crippen LogP contribution in [0.25, 0.3) is 16.6 Å². The van der Waals surface area contributed by atoms with Crippen LogP contribution in [0.3, 0.4) is 0 Å². The normalized spacial score (nSPS) is 22.2. The van der Waals surface area contributed by atoms with Crippen LogP contribution in [0.15, 0.2) is 54.9 Å². The van der Waals surface area contributed by atoms with Gasteiger partial charge in [-0.05, 0) is 53.8 Å². The summed E-state index contributed by atoms with van der Waals surface area (Å²) in [6, 6.07) is 9.29. The fraction of sp³-hybridized carbons (Fsp3) is 0.308. The van der Waals surface area contributed by atoms with Gasteiger partial charge in [-0.15, -0.1) is 0 Å². The number of hydrogen-bond acceptors (Lipinski definition) is 6. The monoisotopic (exact) mass is 514 g/mol. The Morgan fingerprint density at radius 1 is 1.08 bits per heavy atom. The Labute approximate surface area is 208 Å². The lowest BCUT2D eigenvalue weighted by atomic mass is 9.63. The molecule has 2 aliphatic rings. The molecule has 3 heterocycles. The first-order valence-corrected chi connectivity index (χ1v) is 11.6. The summed E-state index contributed by atoms with van der Waals surface area (Å²) in [4.78, 5) is 3.64. The van der Waals surface area contributed by atoms with Gasteiger partial charge >= 0.3 is 6.18 Å². The van der Waals surface area contributed by atoms with Crippen molar-refractivity contribution in [3.05, 3.63) is 71.9 Å². The van der Waals surface area contributed by atoms with Gasteiger partial charge in [-0.3, -0.25) is 0 Å². The number of ether oxygens (including phenoxy) is 2. The second-order valence-electron chi connectivity index (χ2n) is 9.99. The van der Waals surface area contributed by atoms with Gasteiger partial charge in [-0.1, -0.05) is 19.9 Å². The summed E-state index contributed by atoms with van der Waals surface area (Å²) in [6.07, 6.45) is -2.61. The Morgan fingerprint density at radius 3 is 2.62 bits per heavy atom. The minimum absolute atomic E-state index is 0.0201. The van der Waals surface area contributed by atoms with E-state index in [0.717, 1.165) is 0 Å². The molecule has 0 fully saturated rings. The topological polar surface area (TPSA) is 81.4 Å². The number of nitrogens with zero attached hydrogens (tertiary/aromatic N) is 3. The molecular weight excluding hydrogens is 492 g/mol. The number of aliphatic hydroxyl groups is 1. The molecule has 1 aliphatic heterocycles. The van der Waals surface area contributed by atoms with E-state index in [9.17, 15) is 22.7 Å². The number of halogens is 4. The number of hydrogen-bond donors (Lipinski definition) is 2. The zero-order valence-corrected chi connectivity index (χ0v) is 19.8. The predicted octanol–water partition coefficient (Wildman–Crippen LogP) is 5.42. The van der Waals surface area contributed by atoms with Gasteiger partial charge in [0.2, 0.25) is 12.7 Å². The predicted molar refractivity (Wildman–Crippen MR) is 126 cm³/mol. The summed E-state index contributed by atoms with van der Waals surface area (Å²) < 4.78 is 69.3. The highest BCUT2D eigenvalue weighted by Crippen LogP contribution is 2.58. The average molecular weight is 514 g/mol. The smallest absolute Gasteiger partial charge is 0.419 e. The van der Waals surface area contributed by atoms with Crippen molar-refractivity contribution in [3.63, 3.8) is 0 Å². The fourth-order valence-corrected chi connectivity index (χ4v) is 5.50. The van der Waals surface area contributed by atoms with Crippen molar-refractivity contribution in [2.75, 3.05) is 12.1 Å². The molecular formula is C26H22F4N4O3. The largest absolute Gasteiger partial charge is 0.454 e. The second kappa shape index (κ2) is 7.82. The molecule has 192 valence electrons. The summed E-state index contributed by atoms with van der Waals surface area (Å²) in [5.41, 5.74) is -1.71. The van der Waals surface area contributed by atoms with E-state index >= 15 is 0 Å². The van der Waals surface area contributed by atoms with Crippen LogP contribution in [-0.4, -0.2) is 38.4 Å². The first-order valence-electron chi connectivity index (χ1n) is 11.6. The molecule has 11 heteroatoms. The molecule has 37 heavy (non-hydrogen) atoms. The van der Waals surface area contributed by atoms with Crippen LogP contribution in [0, 0.1) is 5.95 Å². The van der Waals surface area contributed by atoms with Crippen LogP contribution in [0.2, 0.25) is 0 Å². The Hall–Kier alpha value is -3.86. The number of benzene rings is 2. The minimum atomic E-state index is -4.92. The van der Waals surface area contributed by atoms with Crippen molar-refractivity contribution in [2.24, 2.45) is 0 Å². The average Bonchev–Trinajstić information content (AvgIpc) is 3.47. The highest BCUT2D eigenvalue weighted by molar-refractivity contribution is 5.84. The molecule has 0 radical (unpaired) electrons. The summed E-state index contributed by atoms with van der Waals surface area (Å²) >= 11 is 0. The van der Waals surface area contributed by atoms with Gasteiger partial charge in [0.05, 0.1) is 29.6 Å². The van der Waals surface area contributed by atoms with Crippen molar-refractivity contribution >= 4 is 16.6 Å². The highest BCUT2D eigenvalue weighted by atomic mass is 19.4. The highest BCUT2D eigenvalue weighted by Gasteiger charge is 2.64. The molecule has 2 aromatic carbocycles. The molecule has 0 saturated heterocycles. The van der Waals surface area contributed by atoms with Gasteiger partial charge in [0, 0.05) is 16.6 Å². The molecule has 2 aromatic heterocycles. The van der Waals surface area contributed by atoms with Gasteiger partial charge in [0.25, 0.3) is 0 Å². The van der Waals surface area contributed by atoms with Gasteiger partial charge in [-0.2, -0.15) is 22.7 Å². The maximum absolute atomic E-state index is 14.5. The number of fused-ring (bicyclic) bond motifs is 4. The van der Waals surface area contributed by atoms with E-state index in [1.807, 2.05) is 0 Å². The van der Waals surface area contributed by atoms with E-state index in [1.54, 1.807) is 55.1 Å². The summed E-state index contributed by atoms with van der Waals surface area (Å²) in [5, 5.41) is 19.1. The molecule has 2 atom stereocenters. The van der Waals surface area contributed by atoms with Crippen LogP contribution in [0.5, 0.6) is 11.5 Å². The molecule has 2 unspecified atom stereocenters. The van der Waals surface area contributed by atoms with Crippen LogP contribution in [-0.2, 0) is 5.41 Å². The van der Waals surface area contributed by atoms with Crippen molar-refractivity contribution in [3.8, 4) is 17.2 Å². The van der Waals surface area contributed by atoms with E-state index in [1.165, 1.54) is 18.3 Å². The van der Waals surface area contributed by atoms with E-state index in [0.29, 0.717) is 39.3 Å². The number of anilines is 1. The van der Waals surface area contributed by atoms with Crippen LogP contribution in [0.4, 0.5) is 23.2 Å². The number of pyridine rings is 1. The lowest BCUT2D eigenvalue weighted by Gasteiger charge is -2.49. The third-order valence-electron chi connectivity index (χ3n) is 7.07. The van der Waals surface area contributed by atoms with E-state index in [-0.39, 0.29) is 12.4 Å². The molecule has 4 aromatic rings. The molecule has 6 rings (SSSR count). The number of nitrogens with one attached hydrogen (secondary N) is 1. The summed E-state index contributed by atoms with van der Waals surface area (Å²) in [5.74, 6) is 0.248. The van der Waals surface area contributed by atoms with Crippen molar-refractivity contribution < 1.29 is 32.1 Å². The second-order valence-corrected chi connectivity index (χ2v) is 9.99. The van der Waals surface area contributed by atoms with E-state index in [4.69, 9.17) is 9.47 Å². The van der Waals surface area contributed by atoms with Crippen LogP contribution >= 0.6 is 0 Å². The van der Waals surface area contributed by atoms with Gasteiger partial charge in [-0.25, -0.2) is 9.67 Å². The molecule has 2 N–H and O–H groups in total. The van der Waals surface area contributed by atoms with Gasteiger partial charge in [0.1, 0.15) is 0 Å². The minimum Gasteiger partial charge on any atom is -0.454 e. The SMILES string of the molecule is CC1(C)CC(O)(C(F)(F)F)C(Nc2ccc3c(cnn3-c3ccc(F)nc3)c2)c2ccc3c(c21)OCO3. The molecule has 0 saturated carbocycles. The molecule has 0 spiro atoms. The zero-order chi connectivity index (χ0) is 26.2. The zero-order valence-electron chi connectivity index (χ0n) is 19.8. The first-order chi connectivity index (χ1) is 17.5. The maximum Gasteiger partial charge on any atom is 0.419 e. The fourth-order valence-electron chi connectivity index (χ4n) is 5.50. The summed E-state index contributed by atoms with van der Waals surface area (Å²) in [7, 11) is 0. The van der Waals surface area contributed by atoms with E-state index < -0.39 is 35.6 Å². The number of rotatable bonds is 3. The van der Waals surface area contributed by atoms with E-state index in [2.05, 4.69) is 15.4 Å². The molecule has 7 nitrogen and oxygen atoms in total. The quantitative estimate of drug-likeness (QED) is 0.281. The standard InChI is InChI=1S/C26H22F4N4O3/c1-24(2)12-25(35,26(28,29)30)23(17-5-7-19-22(21(17)24)37-13-36-19)33-15-3-6-18-14(9-15)10-32-34(18)16-4-8-20(27)31-11-16/h3-11,23,33,35H,12-13H2,1-2H3. The lowest BCUT2D eigenvalue weighted by molar-refractivity contribution is -0.275. The van der Waals surface area contributed by atoms with Gasteiger partial charge in [0.15, 0.2) is 17.1 Å². The van der Waals surface area contributed by atoms with Crippen LogP contribution in [0.1, 0.15) is 37.4 Å². The molecule has 0 amide bonds. The van der Waals surface area contributed by atoms with Crippen molar-refractivity contribution in [2.45, 2.75) is 43.5 Å². The number of aromatic nitrogens is 3. The Balaban J connectivity index is 1.44. The first kappa shape index (κ1) is 23.5. The maximum atomic E-state index is 14.5. The molecule has 0 bridgehead atoms. The third kappa shape index (κ3) is 3.59. The van der Waals surface area contributed by atoms with Crippen molar-refractivity contribution in [1.29, 1.82) is 0 Å². The van der Waals surface area contributed by atoms with Gasteiger partial charge < -0.3 is 19.9 Å².